The SMILES string of the molecule is [2H]C([2H])([2H])Oc1cccc(F)c1Oc1ccc(C=O)c(Cl)c1. The predicted molar refractivity (Wildman–Crippen MR) is 69.9 cm³/mol. The van der Waals surface area contributed by atoms with Crippen molar-refractivity contribution in [3.63, 3.8) is 0 Å². The van der Waals surface area contributed by atoms with Crippen molar-refractivity contribution in [3.8, 4) is 17.2 Å². The minimum atomic E-state index is -2.75. The topological polar surface area (TPSA) is 35.5 Å². The van der Waals surface area contributed by atoms with Crippen LogP contribution in [0.1, 0.15) is 14.5 Å². The molecule has 0 aromatic heterocycles. The van der Waals surface area contributed by atoms with Crippen LogP contribution in [0.5, 0.6) is 17.2 Å². The molecule has 0 aliphatic heterocycles. The van der Waals surface area contributed by atoms with Gasteiger partial charge < -0.3 is 9.47 Å². The van der Waals surface area contributed by atoms with Crippen LogP contribution in [0.2, 0.25) is 5.02 Å². The maximum Gasteiger partial charge on any atom is 0.204 e. The summed E-state index contributed by atoms with van der Waals surface area (Å²) in [6, 6.07) is 7.79. The number of carbonyl (C=O) groups is 1. The van der Waals surface area contributed by atoms with Crippen LogP contribution >= 0.6 is 11.6 Å². The van der Waals surface area contributed by atoms with Gasteiger partial charge in [0.15, 0.2) is 17.9 Å². The number of para-hydroxylation sites is 1. The van der Waals surface area contributed by atoms with Crippen molar-refractivity contribution in [2.45, 2.75) is 0 Å². The Hall–Kier alpha value is -2.07. The first-order valence-electron chi connectivity index (χ1n) is 6.70. The Morgan fingerprint density at radius 1 is 1.37 bits per heavy atom. The van der Waals surface area contributed by atoms with Gasteiger partial charge in [-0.05, 0) is 24.3 Å². The van der Waals surface area contributed by atoms with E-state index in [9.17, 15) is 9.18 Å². The fraction of sp³-hybridized carbons (Fsp3) is 0.0714. The number of rotatable bonds is 4. The first-order chi connectivity index (χ1) is 10.3. The van der Waals surface area contributed by atoms with Crippen molar-refractivity contribution >= 4 is 17.9 Å². The van der Waals surface area contributed by atoms with Crippen LogP contribution in [0.15, 0.2) is 36.4 Å². The summed E-state index contributed by atoms with van der Waals surface area (Å²) in [6.45, 7) is 0. The second-order valence-corrected chi connectivity index (χ2v) is 3.98. The first-order valence-corrected chi connectivity index (χ1v) is 5.58. The maximum atomic E-state index is 13.9. The lowest BCUT2D eigenvalue weighted by atomic mass is 10.2. The molecular weight excluding hydrogens is 271 g/mol. The van der Waals surface area contributed by atoms with Crippen LogP contribution in [-0.4, -0.2) is 13.3 Å². The van der Waals surface area contributed by atoms with Gasteiger partial charge in [-0.2, -0.15) is 0 Å². The Bertz CT molecular complexity index is 704. The molecule has 0 saturated carbocycles. The Labute approximate surface area is 118 Å². The molecule has 5 heteroatoms. The number of benzene rings is 2. The Balaban J connectivity index is 2.36. The summed E-state index contributed by atoms with van der Waals surface area (Å²) in [6.07, 6.45) is 0.568. The third-order valence-corrected chi connectivity index (χ3v) is 2.69. The lowest BCUT2D eigenvalue weighted by Crippen LogP contribution is -1.94. The molecule has 0 unspecified atom stereocenters. The number of ether oxygens (including phenoxy) is 2. The summed E-state index contributed by atoms with van der Waals surface area (Å²) in [5, 5.41) is 0.127. The minimum Gasteiger partial charge on any atom is -0.493 e. The van der Waals surface area contributed by atoms with E-state index in [2.05, 4.69) is 0 Å². The number of methoxy groups -OCH3 is 1. The number of aldehydes is 1. The standard InChI is InChI=1S/C14H10ClFO3/c1-18-13-4-2-3-12(16)14(13)19-10-6-5-9(8-17)11(15)7-10/h2-8H,1H3/i1D3. The number of halogens is 2. The van der Waals surface area contributed by atoms with Gasteiger partial charge in [-0.15, -0.1) is 0 Å². The van der Waals surface area contributed by atoms with Gasteiger partial charge >= 0.3 is 0 Å². The van der Waals surface area contributed by atoms with Gasteiger partial charge in [0, 0.05) is 11.6 Å². The molecule has 0 aliphatic carbocycles. The molecular formula is C14H10ClFO3. The number of hydrogen-bond donors (Lipinski definition) is 0. The fourth-order valence-electron chi connectivity index (χ4n) is 1.45. The third kappa shape index (κ3) is 2.85. The molecule has 19 heavy (non-hydrogen) atoms. The van der Waals surface area contributed by atoms with Crippen molar-refractivity contribution < 1.29 is 22.8 Å². The highest BCUT2D eigenvalue weighted by atomic mass is 35.5. The average molecular weight is 284 g/mol. The van der Waals surface area contributed by atoms with Crippen LogP contribution in [-0.2, 0) is 0 Å². The first kappa shape index (κ1) is 9.81. The van der Waals surface area contributed by atoms with Crippen molar-refractivity contribution in [1.82, 2.24) is 0 Å². The van der Waals surface area contributed by atoms with E-state index in [0.29, 0.717) is 6.29 Å². The smallest absolute Gasteiger partial charge is 0.204 e. The lowest BCUT2D eigenvalue weighted by molar-refractivity contribution is 0.112. The zero-order chi connectivity index (χ0) is 16.3. The van der Waals surface area contributed by atoms with Gasteiger partial charge in [-0.1, -0.05) is 17.7 Å². The minimum absolute atomic E-state index is 0.127. The highest BCUT2D eigenvalue weighted by Gasteiger charge is 2.12. The Kier molecular flexibility index (Phi) is 2.95. The highest BCUT2D eigenvalue weighted by Crippen LogP contribution is 2.35. The van der Waals surface area contributed by atoms with E-state index in [0.717, 1.165) is 6.07 Å². The van der Waals surface area contributed by atoms with E-state index in [1.165, 1.54) is 30.3 Å². The van der Waals surface area contributed by atoms with Gasteiger partial charge in [-0.3, -0.25) is 4.79 Å². The van der Waals surface area contributed by atoms with Gasteiger partial charge in [0.2, 0.25) is 5.75 Å². The molecule has 0 bridgehead atoms. The van der Waals surface area contributed by atoms with Crippen LogP contribution in [0.3, 0.4) is 0 Å². The summed E-state index contributed by atoms with van der Waals surface area (Å²) in [7, 11) is -2.75. The second-order valence-electron chi connectivity index (χ2n) is 3.57. The quantitative estimate of drug-likeness (QED) is 0.793. The molecule has 0 spiro atoms. The third-order valence-electron chi connectivity index (χ3n) is 2.36. The highest BCUT2D eigenvalue weighted by molar-refractivity contribution is 6.33. The lowest BCUT2D eigenvalue weighted by Gasteiger charge is -2.11. The normalized spacial score (nSPS) is 13.1. The second kappa shape index (κ2) is 5.71. The zero-order valence-electron chi connectivity index (χ0n) is 12.5. The predicted octanol–water partition coefficient (Wildman–Crippen LogP) is 4.09. The molecule has 2 aromatic carbocycles. The molecule has 0 atom stereocenters. The molecule has 0 amide bonds. The van der Waals surface area contributed by atoms with Gasteiger partial charge in [0.05, 0.1) is 16.2 Å². The molecule has 3 nitrogen and oxygen atoms in total. The molecule has 98 valence electrons. The Morgan fingerprint density at radius 2 is 2.21 bits per heavy atom. The summed E-state index contributed by atoms with van der Waals surface area (Å²) in [4.78, 5) is 10.7. The van der Waals surface area contributed by atoms with Crippen LogP contribution in [0, 0.1) is 5.82 Å². The maximum absolute atomic E-state index is 13.9. The summed E-state index contributed by atoms with van der Waals surface area (Å²) < 4.78 is 45.1. The summed E-state index contributed by atoms with van der Waals surface area (Å²) >= 11 is 5.86. The fourth-order valence-corrected chi connectivity index (χ4v) is 1.67. The van der Waals surface area contributed by atoms with Crippen LogP contribution < -0.4 is 9.47 Å². The van der Waals surface area contributed by atoms with Crippen molar-refractivity contribution in [2.24, 2.45) is 0 Å². The molecule has 0 heterocycles. The average Bonchev–Trinajstić information content (AvgIpc) is 2.41. The monoisotopic (exact) mass is 283 g/mol. The summed E-state index contributed by atoms with van der Waals surface area (Å²) in [5.41, 5.74) is 0.251. The van der Waals surface area contributed by atoms with Crippen LogP contribution in [0.4, 0.5) is 4.39 Å². The molecule has 2 aromatic rings. The largest absolute Gasteiger partial charge is 0.493 e. The van der Waals surface area contributed by atoms with Gasteiger partial charge in [-0.25, -0.2) is 4.39 Å². The van der Waals surface area contributed by atoms with Crippen LogP contribution in [0.25, 0.3) is 0 Å². The van der Waals surface area contributed by atoms with E-state index >= 15 is 0 Å². The van der Waals surface area contributed by atoms with Crippen molar-refractivity contribution in [3.05, 3.63) is 52.8 Å². The van der Waals surface area contributed by atoms with E-state index in [1.807, 2.05) is 0 Å². The van der Waals surface area contributed by atoms with Gasteiger partial charge in [0.25, 0.3) is 0 Å². The van der Waals surface area contributed by atoms with Gasteiger partial charge in [0.1, 0.15) is 5.75 Å². The molecule has 0 radical (unpaired) electrons. The number of hydrogen-bond acceptors (Lipinski definition) is 3. The van der Waals surface area contributed by atoms with Crippen molar-refractivity contribution in [1.29, 1.82) is 0 Å². The van der Waals surface area contributed by atoms with Crippen molar-refractivity contribution in [2.75, 3.05) is 7.04 Å². The van der Waals surface area contributed by atoms with E-state index < -0.39 is 12.9 Å². The molecule has 0 saturated heterocycles. The molecule has 0 N–H and O–H groups in total. The van der Waals surface area contributed by atoms with E-state index in [-0.39, 0.29) is 27.8 Å². The zero-order valence-corrected chi connectivity index (χ0v) is 10.3. The van der Waals surface area contributed by atoms with E-state index in [4.69, 9.17) is 25.2 Å². The summed E-state index contributed by atoms with van der Waals surface area (Å²) in [5.74, 6) is -1.31. The molecule has 0 fully saturated rings. The molecule has 0 aliphatic rings. The number of carbonyl (C=O) groups excluding carboxylic acids is 1. The Morgan fingerprint density at radius 3 is 2.89 bits per heavy atom. The van der Waals surface area contributed by atoms with E-state index in [1.54, 1.807) is 0 Å². The molecule has 2 rings (SSSR count).